The van der Waals surface area contributed by atoms with Gasteiger partial charge in [-0.15, -0.1) is 0 Å². The first-order valence-corrected chi connectivity index (χ1v) is 14.5. The van der Waals surface area contributed by atoms with Crippen LogP contribution in [0, 0.1) is 23.7 Å². The topological polar surface area (TPSA) is 100.0 Å². The summed E-state index contributed by atoms with van der Waals surface area (Å²) in [5.74, 6) is -0.0723. The van der Waals surface area contributed by atoms with Crippen LogP contribution in [-0.4, -0.2) is 31.5 Å². The minimum absolute atomic E-state index is 0.0723. The molecule has 0 aliphatic rings. The first-order chi connectivity index (χ1) is 20.0. The maximum absolute atomic E-state index is 13.9. The molecule has 1 heterocycles. The fourth-order valence-electron chi connectivity index (χ4n) is 4.45. The van der Waals surface area contributed by atoms with Crippen molar-refractivity contribution in [2.75, 3.05) is 5.32 Å². The van der Waals surface area contributed by atoms with Crippen molar-refractivity contribution in [1.82, 2.24) is 14.5 Å². The zero-order valence-corrected chi connectivity index (χ0v) is 26.0. The van der Waals surface area contributed by atoms with Crippen LogP contribution in [0.5, 0.6) is 0 Å². The molecule has 0 radical (unpaired) electrons. The minimum Gasteiger partial charge on any atom is -0.333 e. The minimum atomic E-state index is -1.02. The van der Waals surface area contributed by atoms with Crippen LogP contribution < -0.4 is 11.1 Å². The number of aromatic nitrogens is 2. The van der Waals surface area contributed by atoms with E-state index in [1.807, 2.05) is 73.9 Å². The number of ketones is 1. The molecule has 0 saturated heterocycles. The van der Waals surface area contributed by atoms with Crippen molar-refractivity contribution in [3.05, 3.63) is 117 Å². The molecule has 4 aromatic rings. The van der Waals surface area contributed by atoms with Gasteiger partial charge in [-0.25, -0.2) is 4.98 Å². The standard InChI is InChI=1S/C32H32Cl2N6OS/c1-21-7-13-25(14-8-21)38-31(42)40(19-24-5-4-6-27(33)29(24)34)30(36)32(2,3)28(41)15-26-17-37-20-39(26)18-23-11-9-22(16-35)10-12-23/h4-14,17,20,30H,15,18-19,36H2,1-3H3,(H,38,42). The number of Topliss-reactive ketones (excluding diaryl/α,β-unsaturated/α-hetero) is 1. The average Bonchev–Trinajstić information content (AvgIpc) is 3.41. The third-order valence-corrected chi connectivity index (χ3v) is 8.50. The molecular formula is C32H32Cl2N6OS. The SMILES string of the molecule is Cc1ccc(NC(=S)N(Cc2cccc(Cl)c2Cl)C(N)C(C)(C)C(=O)Cc2cncn2Cc2ccc(C#N)cc2)cc1. The molecule has 1 aromatic heterocycles. The average molecular weight is 620 g/mol. The van der Waals surface area contributed by atoms with Gasteiger partial charge in [0, 0.05) is 37.1 Å². The number of hydrogen-bond donors (Lipinski definition) is 2. The normalized spacial score (nSPS) is 11.9. The number of nitrogens with two attached hydrogens (primary N) is 1. The van der Waals surface area contributed by atoms with Crippen LogP contribution in [-0.2, 0) is 24.3 Å². The third-order valence-electron chi connectivity index (χ3n) is 7.31. The number of thiocarbonyl (C=S) groups is 1. The fourth-order valence-corrected chi connectivity index (χ4v) is 5.12. The summed E-state index contributed by atoms with van der Waals surface area (Å²) < 4.78 is 1.92. The lowest BCUT2D eigenvalue weighted by Crippen LogP contribution is -2.57. The van der Waals surface area contributed by atoms with Gasteiger partial charge in [-0.1, -0.05) is 65.2 Å². The smallest absolute Gasteiger partial charge is 0.175 e. The van der Waals surface area contributed by atoms with E-state index < -0.39 is 11.6 Å². The van der Waals surface area contributed by atoms with E-state index in [4.69, 9.17) is 46.4 Å². The van der Waals surface area contributed by atoms with Gasteiger partial charge in [-0.3, -0.25) is 4.79 Å². The van der Waals surface area contributed by atoms with Crippen LogP contribution >= 0.6 is 35.4 Å². The Bertz CT molecular complexity index is 1610. The van der Waals surface area contributed by atoms with E-state index in [0.29, 0.717) is 27.3 Å². The molecule has 3 aromatic carbocycles. The lowest BCUT2D eigenvalue weighted by Gasteiger charge is -2.40. The van der Waals surface area contributed by atoms with Crippen LogP contribution in [0.25, 0.3) is 0 Å². The number of aryl methyl sites for hydroxylation is 1. The molecule has 0 aliphatic carbocycles. The van der Waals surface area contributed by atoms with Crippen LogP contribution in [0.2, 0.25) is 10.0 Å². The molecule has 0 fully saturated rings. The van der Waals surface area contributed by atoms with Gasteiger partial charge in [0.25, 0.3) is 0 Å². The highest BCUT2D eigenvalue weighted by atomic mass is 35.5. The van der Waals surface area contributed by atoms with Crippen molar-refractivity contribution in [2.24, 2.45) is 11.1 Å². The predicted octanol–water partition coefficient (Wildman–Crippen LogP) is 6.74. The number of nitriles is 1. The van der Waals surface area contributed by atoms with E-state index in [9.17, 15) is 4.79 Å². The molecular weight excluding hydrogens is 587 g/mol. The van der Waals surface area contributed by atoms with Crippen molar-refractivity contribution in [1.29, 1.82) is 5.26 Å². The summed E-state index contributed by atoms with van der Waals surface area (Å²) in [6.07, 6.45) is 2.71. The number of nitrogens with one attached hydrogen (secondary N) is 1. The van der Waals surface area contributed by atoms with E-state index in [2.05, 4.69) is 16.4 Å². The summed E-state index contributed by atoms with van der Waals surface area (Å²) in [4.78, 5) is 19.9. The summed E-state index contributed by atoms with van der Waals surface area (Å²) >= 11 is 18.7. The zero-order valence-electron chi connectivity index (χ0n) is 23.6. The summed E-state index contributed by atoms with van der Waals surface area (Å²) in [5.41, 5.74) is 10.9. The molecule has 0 saturated carbocycles. The number of benzene rings is 3. The number of hydrogen-bond acceptors (Lipinski definition) is 5. The van der Waals surface area contributed by atoms with Crippen molar-refractivity contribution < 1.29 is 4.79 Å². The lowest BCUT2D eigenvalue weighted by atomic mass is 9.82. The van der Waals surface area contributed by atoms with Crippen molar-refractivity contribution >= 4 is 52.0 Å². The van der Waals surface area contributed by atoms with Gasteiger partial charge >= 0.3 is 0 Å². The molecule has 4 rings (SSSR count). The van der Waals surface area contributed by atoms with Gasteiger partial charge in [0.15, 0.2) is 5.11 Å². The van der Waals surface area contributed by atoms with E-state index in [0.717, 1.165) is 28.1 Å². The van der Waals surface area contributed by atoms with Crippen LogP contribution in [0.4, 0.5) is 5.69 Å². The number of imidazole rings is 1. The number of rotatable bonds is 10. The molecule has 0 spiro atoms. The van der Waals surface area contributed by atoms with E-state index in [1.54, 1.807) is 35.6 Å². The zero-order chi connectivity index (χ0) is 30.4. The monoisotopic (exact) mass is 618 g/mol. The molecule has 0 aliphatic heterocycles. The molecule has 1 unspecified atom stereocenters. The van der Waals surface area contributed by atoms with Crippen LogP contribution in [0.1, 0.15) is 41.8 Å². The third kappa shape index (κ3) is 7.36. The summed E-state index contributed by atoms with van der Waals surface area (Å²) in [7, 11) is 0. The Labute approximate surface area is 261 Å². The van der Waals surface area contributed by atoms with E-state index in [-0.39, 0.29) is 18.7 Å². The van der Waals surface area contributed by atoms with Crippen LogP contribution in [0.15, 0.2) is 79.3 Å². The number of carbonyl (C=O) groups excluding carboxylic acids is 1. The quantitative estimate of drug-likeness (QED) is 0.150. The number of nitrogens with zero attached hydrogens (tertiary/aromatic N) is 4. The van der Waals surface area contributed by atoms with E-state index >= 15 is 0 Å². The van der Waals surface area contributed by atoms with E-state index in [1.165, 1.54) is 0 Å². The van der Waals surface area contributed by atoms with Gasteiger partial charge in [0.2, 0.25) is 0 Å². The maximum atomic E-state index is 13.9. The molecule has 10 heteroatoms. The Morgan fingerprint density at radius 1 is 1.14 bits per heavy atom. The van der Waals surface area contributed by atoms with Gasteiger partial charge in [-0.05, 0) is 74.4 Å². The van der Waals surface area contributed by atoms with Gasteiger partial charge in [0.1, 0.15) is 5.78 Å². The number of anilines is 1. The van der Waals surface area contributed by atoms with Crippen molar-refractivity contribution in [3.63, 3.8) is 0 Å². The molecule has 0 amide bonds. The van der Waals surface area contributed by atoms with Gasteiger partial charge in [0.05, 0.1) is 39.6 Å². The summed E-state index contributed by atoms with van der Waals surface area (Å²) in [5, 5.41) is 13.5. The molecule has 42 heavy (non-hydrogen) atoms. The van der Waals surface area contributed by atoms with Crippen LogP contribution in [0.3, 0.4) is 0 Å². The second kappa shape index (κ2) is 13.5. The fraction of sp³-hybridized carbons (Fsp3) is 0.250. The second-order valence-electron chi connectivity index (χ2n) is 10.7. The first kappa shape index (κ1) is 31.2. The molecule has 3 N–H and O–H groups in total. The summed E-state index contributed by atoms with van der Waals surface area (Å²) in [6, 6.07) is 22.7. The first-order valence-electron chi connectivity index (χ1n) is 13.3. The Balaban J connectivity index is 1.57. The lowest BCUT2D eigenvalue weighted by molar-refractivity contribution is -0.129. The molecule has 7 nitrogen and oxygen atoms in total. The Morgan fingerprint density at radius 2 is 1.83 bits per heavy atom. The van der Waals surface area contributed by atoms with Crippen molar-refractivity contribution in [2.45, 2.75) is 46.4 Å². The largest absolute Gasteiger partial charge is 0.333 e. The molecule has 216 valence electrons. The number of halogens is 2. The Morgan fingerprint density at radius 3 is 2.50 bits per heavy atom. The Kier molecular flexibility index (Phi) is 10.0. The molecule has 1 atom stereocenters. The molecule has 0 bridgehead atoms. The summed E-state index contributed by atoms with van der Waals surface area (Å²) in [6.45, 7) is 6.41. The van der Waals surface area contributed by atoms with Gasteiger partial charge < -0.3 is 20.5 Å². The maximum Gasteiger partial charge on any atom is 0.175 e. The Hall–Kier alpha value is -3.74. The predicted molar refractivity (Wildman–Crippen MR) is 172 cm³/mol. The van der Waals surface area contributed by atoms with Crippen molar-refractivity contribution in [3.8, 4) is 6.07 Å². The number of carbonyl (C=O) groups is 1. The van der Waals surface area contributed by atoms with Gasteiger partial charge in [-0.2, -0.15) is 5.26 Å². The highest BCUT2D eigenvalue weighted by Crippen LogP contribution is 2.31. The highest BCUT2D eigenvalue weighted by Gasteiger charge is 2.39. The highest BCUT2D eigenvalue weighted by molar-refractivity contribution is 7.80. The second-order valence-corrected chi connectivity index (χ2v) is 11.9.